The first-order chi connectivity index (χ1) is 8.33. The van der Waals surface area contributed by atoms with E-state index in [1.165, 1.54) is 0 Å². The molecule has 1 aliphatic rings. The number of hydrogen-bond donors (Lipinski definition) is 2. The van der Waals surface area contributed by atoms with Crippen LogP contribution in [0.25, 0.3) is 0 Å². The highest BCUT2D eigenvalue weighted by molar-refractivity contribution is 9.10. The lowest BCUT2D eigenvalue weighted by Crippen LogP contribution is -2.40. The van der Waals surface area contributed by atoms with Crippen molar-refractivity contribution < 1.29 is 18.3 Å². The van der Waals surface area contributed by atoms with Gasteiger partial charge in [0.2, 0.25) is 0 Å². The Morgan fingerprint density at radius 3 is 2.78 bits per heavy atom. The second kappa shape index (κ2) is 4.52. The number of halogens is 1. The van der Waals surface area contributed by atoms with Crippen LogP contribution in [0, 0.1) is 6.92 Å². The zero-order valence-corrected chi connectivity index (χ0v) is 11.8. The van der Waals surface area contributed by atoms with Crippen molar-refractivity contribution in [3.05, 3.63) is 28.2 Å². The van der Waals surface area contributed by atoms with Crippen molar-refractivity contribution in [3.8, 4) is 0 Å². The molecule has 1 atom stereocenters. The molecule has 18 heavy (non-hydrogen) atoms. The molecule has 2 N–H and O–H groups in total. The molecule has 0 spiro atoms. The van der Waals surface area contributed by atoms with Crippen molar-refractivity contribution >= 4 is 37.8 Å². The molecule has 1 saturated heterocycles. The SMILES string of the molecule is Cc1ccc(N2C(C(=O)O)CNS2(=O)=O)cc1Br. The third-order valence-corrected chi connectivity index (χ3v) is 5.07. The first kappa shape index (κ1) is 13.3. The lowest BCUT2D eigenvalue weighted by molar-refractivity contribution is -0.137. The smallest absolute Gasteiger partial charge is 0.328 e. The van der Waals surface area contributed by atoms with Gasteiger partial charge in [-0.25, -0.2) is 9.10 Å². The number of anilines is 1. The minimum absolute atomic E-state index is 0.136. The van der Waals surface area contributed by atoms with Crippen molar-refractivity contribution in [2.75, 3.05) is 10.8 Å². The summed E-state index contributed by atoms with van der Waals surface area (Å²) in [5, 5.41) is 9.04. The molecule has 0 amide bonds. The molecule has 1 fully saturated rings. The molecule has 0 aliphatic carbocycles. The van der Waals surface area contributed by atoms with Crippen LogP contribution in [-0.4, -0.2) is 32.1 Å². The molecule has 0 aromatic heterocycles. The number of nitrogens with one attached hydrogen (secondary N) is 1. The van der Waals surface area contributed by atoms with E-state index in [1.54, 1.807) is 18.2 Å². The summed E-state index contributed by atoms with van der Waals surface area (Å²) in [4.78, 5) is 11.1. The third kappa shape index (κ3) is 2.23. The van der Waals surface area contributed by atoms with Gasteiger partial charge < -0.3 is 5.11 Å². The molecule has 0 bridgehead atoms. The second-order valence-electron chi connectivity index (χ2n) is 3.94. The van der Waals surface area contributed by atoms with Crippen LogP contribution in [0.1, 0.15) is 5.56 Å². The van der Waals surface area contributed by atoms with Crippen LogP contribution in [0.15, 0.2) is 22.7 Å². The number of carbonyl (C=O) groups is 1. The zero-order valence-electron chi connectivity index (χ0n) is 9.42. The summed E-state index contributed by atoms with van der Waals surface area (Å²) in [5.41, 5.74) is 1.26. The van der Waals surface area contributed by atoms with Gasteiger partial charge in [0, 0.05) is 11.0 Å². The van der Waals surface area contributed by atoms with Crippen LogP contribution in [0.5, 0.6) is 0 Å². The van der Waals surface area contributed by atoms with E-state index in [2.05, 4.69) is 20.7 Å². The van der Waals surface area contributed by atoms with Crippen molar-refractivity contribution in [2.24, 2.45) is 0 Å². The summed E-state index contributed by atoms with van der Waals surface area (Å²) >= 11 is 3.30. The van der Waals surface area contributed by atoms with Crippen molar-refractivity contribution in [3.63, 3.8) is 0 Å². The summed E-state index contributed by atoms with van der Waals surface area (Å²) in [5.74, 6) is -1.18. The molecular weight excluding hydrogens is 324 g/mol. The van der Waals surface area contributed by atoms with Gasteiger partial charge in [-0.05, 0) is 24.6 Å². The highest BCUT2D eigenvalue weighted by Crippen LogP contribution is 2.28. The Hall–Kier alpha value is -1.12. The topological polar surface area (TPSA) is 86.7 Å². The summed E-state index contributed by atoms with van der Waals surface area (Å²) in [6.07, 6.45) is 0. The molecule has 1 heterocycles. The maximum Gasteiger partial charge on any atom is 0.328 e. The van der Waals surface area contributed by atoms with E-state index in [1.807, 2.05) is 6.92 Å². The van der Waals surface area contributed by atoms with Crippen LogP contribution >= 0.6 is 15.9 Å². The zero-order chi connectivity index (χ0) is 13.5. The summed E-state index contributed by atoms with van der Waals surface area (Å²) in [6, 6.07) is 3.78. The van der Waals surface area contributed by atoms with Gasteiger partial charge in [-0.1, -0.05) is 22.0 Å². The molecule has 1 aromatic rings. The highest BCUT2D eigenvalue weighted by atomic mass is 79.9. The third-order valence-electron chi connectivity index (χ3n) is 2.70. The van der Waals surface area contributed by atoms with Gasteiger partial charge in [-0.2, -0.15) is 13.1 Å². The Morgan fingerprint density at radius 2 is 2.22 bits per heavy atom. The second-order valence-corrected chi connectivity index (χ2v) is 6.42. The lowest BCUT2D eigenvalue weighted by Gasteiger charge is -2.21. The fourth-order valence-electron chi connectivity index (χ4n) is 1.73. The minimum atomic E-state index is -3.78. The number of carboxylic acids is 1. The molecule has 6 nitrogen and oxygen atoms in total. The first-order valence-corrected chi connectivity index (χ1v) is 7.34. The Labute approximate surface area is 113 Å². The maximum atomic E-state index is 11.8. The van der Waals surface area contributed by atoms with Crippen molar-refractivity contribution in [2.45, 2.75) is 13.0 Å². The fourth-order valence-corrected chi connectivity index (χ4v) is 3.49. The maximum absolute atomic E-state index is 11.8. The molecule has 8 heteroatoms. The summed E-state index contributed by atoms with van der Waals surface area (Å²) < 4.78 is 27.4. The average Bonchev–Trinajstić information content (AvgIpc) is 2.58. The number of hydrogen-bond acceptors (Lipinski definition) is 3. The van der Waals surface area contributed by atoms with Gasteiger partial charge in [0.1, 0.15) is 0 Å². The monoisotopic (exact) mass is 334 g/mol. The van der Waals surface area contributed by atoms with Gasteiger partial charge >= 0.3 is 16.2 Å². The molecular formula is C10H11BrN2O4S. The normalized spacial score (nSPS) is 22.1. The number of aryl methyl sites for hydroxylation is 1. The van der Waals surface area contributed by atoms with E-state index < -0.39 is 22.2 Å². The van der Waals surface area contributed by atoms with Crippen LogP contribution < -0.4 is 9.03 Å². The number of aliphatic carboxylic acids is 1. The van der Waals surface area contributed by atoms with Crippen LogP contribution in [0.3, 0.4) is 0 Å². The van der Waals surface area contributed by atoms with Gasteiger partial charge in [-0.15, -0.1) is 0 Å². The van der Waals surface area contributed by atoms with E-state index in [0.717, 1.165) is 14.3 Å². The number of benzene rings is 1. The quantitative estimate of drug-likeness (QED) is 0.839. The first-order valence-electron chi connectivity index (χ1n) is 5.11. The largest absolute Gasteiger partial charge is 0.480 e. The van der Waals surface area contributed by atoms with Gasteiger partial charge in [0.25, 0.3) is 0 Å². The Bertz CT molecular complexity index is 602. The molecule has 1 aromatic carbocycles. The Kier molecular flexibility index (Phi) is 3.35. The Morgan fingerprint density at radius 1 is 1.56 bits per heavy atom. The standard InChI is InChI=1S/C10H11BrN2O4S/c1-6-2-3-7(4-8(6)11)13-9(10(14)15)5-12-18(13,16)17/h2-4,9,12H,5H2,1H3,(H,14,15). The van der Waals surface area contributed by atoms with Gasteiger partial charge in [0.05, 0.1) is 5.69 Å². The van der Waals surface area contributed by atoms with Crippen LogP contribution in [-0.2, 0) is 15.0 Å². The molecule has 0 radical (unpaired) electrons. The number of carboxylic acid groups (broad SMARTS) is 1. The molecule has 2 rings (SSSR count). The highest BCUT2D eigenvalue weighted by Gasteiger charge is 2.41. The van der Waals surface area contributed by atoms with Crippen molar-refractivity contribution in [1.82, 2.24) is 4.72 Å². The molecule has 1 unspecified atom stereocenters. The van der Waals surface area contributed by atoms with Gasteiger partial charge in [0.15, 0.2) is 6.04 Å². The Balaban J connectivity index is 2.51. The number of rotatable bonds is 2. The number of nitrogens with zero attached hydrogens (tertiary/aromatic N) is 1. The van der Waals surface area contributed by atoms with Crippen molar-refractivity contribution in [1.29, 1.82) is 0 Å². The molecule has 0 saturated carbocycles. The van der Waals surface area contributed by atoms with E-state index in [0.29, 0.717) is 5.69 Å². The van der Waals surface area contributed by atoms with Crippen LogP contribution in [0.4, 0.5) is 5.69 Å². The molecule has 1 aliphatic heterocycles. The average molecular weight is 335 g/mol. The van der Waals surface area contributed by atoms with Gasteiger partial charge in [-0.3, -0.25) is 0 Å². The lowest BCUT2D eigenvalue weighted by atomic mass is 10.2. The van der Waals surface area contributed by atoms with E-state index in [9.17, 15) is 13.2 Å². The predicted molar refractivity (Wildman–Crippen MR) is 69.7 cm³/mol. The van der Waals surface area contributed by atoms with E-state index in [4.69, 9.17) is 5.11 Å². The predicted octanol–water partition coefficient (Wildman–Crippen LogP) is 0.865. The minimum Gasteiger partial charge on any atom is -0.480 e. The summed E-state index contributed by atoms with van der Waals surface area (Å²) in [6.45, 7) is 1.72. The van der Waals surface area contributed by atoms with E-state index >= 15 is 0 Å². The van der Waals surface area contributed by atoms with E-state index in [-0.39, 0.29) is 6.54 Å². The summed E-state index contributed by atoms with van der Waals surface area (Å²) in [7, 11) is -3.78. The fraction of sp³-hybridized carbons (Fsp3) is 0.300. The molecule has 98 valence electrons. The van der Waals surface area contributed by atoms with Crippen LogP contribution in [0.2, 0.25) is 0 Å².